The molecule has 60 valence electrons. The second-order valence-corrected chi connectivity index (χ2v) is 3.76. The average molecular weight is 142 g/mol. The maximum Gasteiger partial charge on any atom is 0.0540 e. The molecule has 1 unspecified atom stereocenters. The molecule has 0 aromatic heterocycles. The zero-order valence-electron chi connectivity index (χ0n) is 7.01. The largest absolute Gasteiger partial charge is 0.393 e. The van der Waals surface area contributed by atoms with Crippen LogP contribution >= 0.6 is 0 Å². The van der Waals surface area contributed by atoms with Gasteiger partial charge in [-0.15, -0.1) is 0 Å². The predicted octanol–water partition coefficient (Wildman–Crippen LogP) is 2.19. The molecule has 0 radical (unpaired) electrons. The molecule has 1 saturated carbocycles. The number of hydrogen-bond acceptors (Lipinski definition) is 1. The topological polar surface area (TPSA) is 20.2 Å². The minimum Gasteiger partial charge on any atom is -0.393 e. The van der Waals surface area contributed by atoms with Crippen molar-refractivity contribution in [2.45, 2.75) is 45.6 Å². The Morgan fingerprint density at radius 3 is 2.10 bits per heavy atom. The van der Waals surface area contributed by atoms with E-state index in [2.05, 4.69) is 6.92 Å². The lowest BCUT2D eigenvalue weighted by molar-refractivity contribution is 0.0909. The molecule has 1 fully saturated rings. The smallest absolute Gasteiger partial charge is 0.0540 e. The zero-order chi connectivity index (χ0) is 7.56. The highest BCUT2D eigenvalue weighted by molar-refractivity contribution is 4.72. The van der Waals surface area contributed by atoms with Crippen LogP contribution in [0.25, 0.3) is 0 Å². The van der Waals surface area contributed by atoms with Crippen molar-refractivity contribution >= 4 is 0 Å². The van der Waals surface area contributed by atoms with Crippen molar-refractivity contribution < 1.29 is 5.11 Å². The lowest BCUT2D eigenvalue weighted by Crippen LogP contribution is -2.22. The minimum absolute atomic E-state index is 0.0764. The summed E-state index contributed by atoms with van der Waals surface area (Å²) < 4.78 is 0. The van der Waals surface area contributed by atoms with Gasteiger partial charge in [0.2, 0.25) is 0 Å². The van der Waals surface area contributed by atoms with Crippen LogP contribution in [0.15, 0.2) is 0 Å². The Hall–Kier alpha value is -0.0400. The molecule has 0 bridgehead atoms. The van der Waals surface area contributed by atoms with E-state index in [1.54, 1.807) is 0 Å². The lowest BCUT2D eigenvalue weighted by Gasteiger charge is -2.27. The molecule has 1 rings (SSSR count). The van der Waals surface area contributed by atoms with E-state index >= 15 is 0 Å². The van der Waals surface area contributed by atoms with Crippen LogP contribution in [0.3, 0.4) is 0 Å². The normalized spacial score (nSPS) is 37.5. The Bertz CT molecular complexity index is 90.9. The molecule has 0 aromatic rings. The molecule has 0 spiro atoms. The molecule has 1 nitrogen and oxygen atoms in total. The molecule has 0 aromatic carbocycles. The van der Waals surface area contributed by atoms with E-state index in [9.17, 15) is 5.11 Å². The number of aliphatic hydroxyl groups excluding tert-OH is 1. The quantitative estimate of drug-likeness (QED) is 0.595. The summed E-state index contributed by atoms with van der Waals surface area (Å²) in [6.45, 7) is 4.22. The fraction of sp³-hybridized carbons (Fsp3) is 1.00. The first-order valence-electron chi connectivity index (χ1n) is 4.38. The molecule has 0 saturated heterocycles. The van der Waals surface area contributed by atoms with E-state index in [4.69, 9.17) is 0 Å². The van der Waals surface area contributed by atoms with Gasteiger partial charge in [-0.25, -0.2) is 0 Å². The third kappa shape index (κ3) is 1.98. The summed E-state index contributed by atoms with van der Waals surface area (Å²) in [5, 5.41) is 9.26. The van der Waals surface area contributed by atoms with Crippen molar-refractivity contribution in [1.29, 1.82) is 0 Å². The van der Waals surface area contributed by atoms with Crippen molar-refractivity contribution in [2.24, 2.45) is 11.8 Å². The van der Waals surface area contributed by atoms with Crippen molar-refractivity contribution in [1.82, 2.24) is 0 Å². The monoisotopic (exact) mass is 142 g/mol. The summed E-state index contributed by atoms with van der Waals surface area (Å²) in [6, 6.07) is 0. The van der Waals surface area contributed by atoms with Gasteiger partial charge in [0.15, 0.2) is 0 Å². The van der Waals surface area contributed by atoms with E-state index < -0.39 is 0 Å². The van der Waals surface area contributed by atoms with E-state index in [0.29, 0.717) is 5.92 Å². The Morgan fingerprint density at radius 1 is 1.20 bits per heavy atom. The molecular formula is C9H18O. The van der Waals surface area contributed by atoms with Crippen LogP contribution in [0.4, 0.5) is 0 Å². The zero-order valence-corrected chi connectivity index (χ0v) is 7.01. The summed E-state index contributed by atoms with van der Waals surface area (Å²) >= 11 is 0. The predicted molar refractivity (Wildman–Crippen MR) is 42.8 cm³/mol. The maximum absolute atomic E-state index is 9.26. The second-order valence-electron chi connectivity index (χ2n) is 3.76. The van der Waals surface area contributed by atoms with Gasteiger partial charge in [0.1, 0.15) is 0 Å². The first-order valence-corrected chi connectivity index (χ1v) is 4.38. The van der Waals surface area contributed by atoms with Gasteiger partial charge in [0, 0.05) is 0 Å². The van der Waals surface area contributed by atoms with E-state index in [-0.39, 0.29) is 6.10 Å². The summed E-state index contributed by atoms with van der Waals surface area (Å²) in [6.07, 6.45) is 5.02. The molecule has 10 heavy (non-hydrogen) atoms. The third-order valence-electron chi connectivity index (χ3n) is 2.74. The van der Waals surface area contributed by atoms with Gasteiger partial charge in [-0.2, -0.15) is 0 Å². The number of hydrogen-bond donors (Lipinski definition) is 1. The van der Waals surface area contributed by atoms with Gasteiger partial charge in [0.25, 0.3) is 0 Å². The fourth-order valence-electron chi connectivity index (χ4n) is 1.77. The maximum atomic E-state index is 9.26. The Morgan fingerprint density at radius 2 is 1.70 bits per heavy atom. The Labute approximate surface area is 63.4 Å². The second kappa shape index (κ2) is 3.38. The van der Waals surface area contributed by atoms with Crippen molar-refractivity contribution in [3.63, 3.8) is 0 Å². The molecule has 0 aliphatic heterocycles. The van der Waals surface area contributed by atoms with Gasteiger partial charge in [0.05, 0.1) is 6.10 Å². The molecular weight excluding hydrogens is 124 g/mol. The molecule has 1 N–H and O–H groups in total. The third-order valence-corrected chi connectivity index (χ3v) is 2.74. The highest BCUT2D eigenvalue weighted by atomic mass is 16.3. The molecule has 1 aliphatic rings. The summed E-state index contributed by atoms with van der Waals surface area (Å²) in [7, 11) is 0. The average Bonchev–Trinajstić information content (AvgIpc) is 1.88. The van der Waals surface area contributed by atoms with Gasteiger partial charge in [-0.3, -0.25) is 0 Å². The Kier molecular flexibility index (Phi) is 2.72. The van der Waals surface area contributed by atoms with Crippen LogP contribution in [0.5, 0.6) is 0 Å². The lowest BCUT2D eigenvalue weighted by atomic mass is 9.81. The van der Waals surface area contributed by atoms with E-state index in [1.807, 2.05) is 6.92 Å². The fourth-order valence-corrected chi connectivity index (χ4v) is 1.77. The molecule has 1 atom stereocenters. The van der Waals surface area contributed by atoms with E-state index in [0.717, 1.165) is 5.92 Å². The Balaban J connectivity index is 2.26. The minimum atomic E-state index is -0.0764. The van der Waals surface area contributed by atoms with Crippen LogP contribution in [0.2, 0.25) is 0 Å². The standard InChI is InChI=1S/C9H18O/c1-7-3-5-9(6-4-7)8(2)10/h7-10H,3-6H2,1-2H3/t7-,8?,9+. The number of aliphatic hydroxyl groups is 1. The molecule has 0 amide bonds. The molecule has 1 heteroatoms. The molecule has 0 heterocycles. The first kappa shape index (κ1) is 8.06. The van der Waals surface area contributed by atoms with Crippen LogP contribution in [-0.4, -0.2) is 11.2 Å². The van der Waals surface area contributed by atoms with E-state index in [1.165, 1.54) is 25.7 Å². The van der Waals surface area contributed by atoms with Crippen LogP contribution < -0.4 is 0 Å². The first-order chi connectivity index (χ1) is 4.70. The summed E-state index contributed by atoms with van der Waals surface area (Å²) in [4.78, 5) is 0. The number of rotatable bonds is 1. The summed E-state index contributed by atoms with van der Waals surface area (Å²) in [5.74, 6) is 1.49. The van der Waals surface area contributed by atoms with Crippen molar-refractivity contribution in [2.75, 3.05) is 0 Å². The molecule has 1 aliphatic carbocycles. The van der Waals surface area contributed by atoms with Crippen LogP contribution in [-0.2, 0) is 0 Å². The van der Waals surface area contributed by atoms with Crippen LogP contribution in [0, 0.1) is 11.8 Å². The van der Waals surface area contributed by atoms with Crippen molar-refractivity contribution in [3.05, 3.63) is 0 Å². The van der Waals surface area contributed by atoms with Gasteiger partial charge in [-0.1, -0.05) is 19.8 Å². The SMILES string of the molecule is CC(O)[C@H]1CC[C@@H](C)CC1. The van der Waals surface area contributed by atoms with Crippen molar-refractivity contribution in [3.8, 4) is 0 Å². The summed E-state index contributed by atoms with van der Waals surface area (Å²) in [5.41, 5.74) is 0. The highest BCUT2D eigenvalue weighted by Gasteiger charge is 2.21. The van der Waals surface area contributed by atoms with Gasteiger partial charge < -0.3 is 5.11 Å². The van der Waals surface area contributed by atoms with Gasteiger partial charge in [-0.05, 0) is 31.6 Å². The van der Waals surface area contributed by atoms with Crippen LogP contribution in [0.1, 0.15) is 39.5 Å². The van der Waals surface area contributed by atoms with Gasteiger partial charge >= 0.3 is 0 Å². The highest BCUT2D eigenvalue weighted by Crippen LogP contribution is 2.29.